The molecule has 4 amide bonds. The monoisotopic (exact) mass is 494 g/mol. The SMILES string of the molecule is CC(=O)Nc1ccc(NC(=O)C[C@@H]2C(=O)NCCN2C(=O)CN2CCN(c3ncccn3)CC2)cc1. The molecule has 0 bridgehead atoms. The van der Waals surface area contributed by atoms with Gasteiger partial charge in [-0.3, -0.25) is 24.1 Å². The van der Waals surface area contributed by atoms with Crippen LogP contribution in [0.15, 0.2) is 42.7 Å². The molecule has 3 N–H and O–H groups in total. The van der Waals surface area contributed by atoms with Gasteiger partial charge in [-0.25, -0.2) is 9.97 Å². The van der Waals surface area contributed by atoms with E-state index in [9.17, 15) is 19.2 Å². The number of benzene rings is 1. The number of carbonyl (C=O) groups is 4. The summed E-state index contributed by atoms with van der Waals surface area (Å²) in [7, 11) is 0. The van der Waals surface area contributed by atoms with Gasteiger partial charge in [-0.1, -0.05) is 0 Å². The predicted molar refractivity (Wildman–Crippen MR) is 133 cm³/mol. The fourth-order valence-electron chi connectivity index (χ4n) is 4.29. The van der Waals surface area contributed by atoms with Gasteiger partial charge in [0.1, 0.15) is 6.04 Å². The third kappa shape index (κ3) is 6.54. The second kappa shape index (κ2) is 11.6. The standard InChI is InChI=1S/C24H30N8O4/c1-17(33)28-18-3-5-19(6-4-18)29-21(34)15-20-23(36)25-9-10-32(20)22(35)16-30-11-13-31(14-12-30)24-26-7-2-8-27-24/h2-8,20H,9-16H2,1H3,(H,25,36)(H,28,33)(H,29,34)/t20-/m1/s1. The summed E-state index contributed by atoms with van der Waals surface area (Å²) in [5.74, 6) is -0.402. The Bertz CT molecular complexity index is 1090. The van der Waals surface area contributed by atoms with Crippen molar-refractivity contribution in [3.05, 3.63) is 42.7 Å². The van der Waals surface area contributed by atoms with Gasteiger partial charge in [0.25, 0.3) is 0 Å². The quantitative estimate of drug-likeness (QED) is 0.485. The van der Waals surface area contributed by atoms with Crippen molar-refractivity contribution in [1.82, 2.24) is 25.1 Å². The summed E-state index contributed by atoms with van der Waals surface area (Å²) < 4.78 is 0. The Morgan fingerprint density at radius 1 is 0.972 bits per heavy atom. The van der Waals surface area contributed by atoms with E-state index in [-0.39, 0.29) is 36.6 Å². The van der Waals surface area contributed by atoms with Crippen LogP contribution in [0, 0.1) is 0 Å². The molecule has 0 saturated carbocycles. The fourth-order valence-corrected chi connectivity index (χ4v) is 4.29. The Morgan fingerprint density at radius 2 is 1.61 bits per heavy atom. The number of amides is 4. The molecule has 0 radical (unpaired) electrons. The van der Waals surface area contributed by atoms with Crippen molar-refractivity contribution in [2.24, 2.45) is 0 Å². The molecule has 0 aliphatic carbocycles. The molecule has 12 heteroatoms. The van der Waals surface area contributed by atoms with Crippen LogP contribution >= 0.6 is 0 Å². The smallest absolute Gasteiger partial charge is 0.243 e. The molecule has 1 atom stereocenters. The summed E-state index contributed by atoms with van der Waals surface area (Å²) in [5, 5.41) is 8.16. The summed E-state index contributed by atoms with van der Waals surface area (Å²) in [4.78, 5) is 63.7. The second-order valence-electron chi connectivity index (χ2n) is 8.72. The van der Waals surface area contributed by atoms with Crippen molar-refractivity contribution < 1.29 is 19.2 Å². The summed E-state index contributed by atoms with van der Waals surface area (Å²) >= 11 is 0. The van der Waals surface area contributed by atoms with Gasteiger partial charge in [0, 0.05) is 70.0 Å². The van der Waals surface area contributed by atoms with Gasteiger partial charge < -0.3 is 25.8 Å². The van der Waals surface area contributed by atoms with E-state index in [2.05, 4.69) is 30.8 Å². The number of anilines is 3. The molecule has 1 aromatic carbocycles. The van der Waals surface area contributed by atoms with E-state index in [1.807, 2.05) is 4.90 Å². The first-order valence-electron chi connectivity index (χ1n) is 11.9. The summed E-state index contributed by atoms with van der Waals surface area (Å²) in [6.45, 7) is 5.04. The normalized spacial score (nSPS) is 18.4. The number of nitrogens with zero attached hydrogens (tertiary/aromatic N) is 5. The summed E-state index contributed by atoms with van der Waals surface area (Å²) in [6.07, 6.45) is 3.26. The molecule has 2 saturated heterocycles. The highest BCUT2D eigenvalue weighted by Gasteiger charge is 2.35. The molecule has 2 aliphatic heterocycles. The van der Waals surface area contributed by atoms with Crippen LogP contribution in [0.3, 0.4) is 0 Å². The van der Waals surface area contributed by atoms with Gasteiger partial charge in [0.15, 0.2) is 0 Å². The maximum atomic E-state index is 13.1. The van der Waals surface area contributed by atoms with Crippen LogP contribution < -0.4 is 20.9 Å². The van der Waals surface area contributed by atoms with Crippen molar-refractivity contribution in [1.29, 1.82) is 0 Å². The van der Waals surface area contributed by atoms with Crippen LogP contribution in [-0.2, 0) is 19.2 Å². The molecule has 12 nitrogen and oxygen atoms in total. The van der Waals surface area contributed by atoms with E-state index in [1.165, 1.54) is 11.8 Å². The lowest BCUT2D eigenvalue weighted by Crippen LogP contribution is -2.60. The molecule has 2 aliphatic rings. The largest absolute Gasteiger partial charge is 0.353 e. The van der Waals surface area contributed by atoms with E-state index in [0.29, 0.717) is 56.6 Å². The highest BCUT2D eigenvalue weighted by atomic mass is 16.2. The number of piperazine rings is 2. The van der Waals surface area contributed by atoms with Gasteiger partial charge in [0.05, 0.1) is 13.0 Å². The van der Waals surface area contributed by atoms with E-state index in [1.54, 1.807) is 42.7 Å². The Kier molecular flexibility index (Phi) is 8.06. The second-order valence-corrected chi connectivity index (χ2v) is 8.72. The van der Waals surface area contributed by atoms with Crippen LogP contribution in [0.2, 0.25) is 0 Å². The average Bonchev–Trinajstić information content (AvgIpc) is 2.87. The number of hydrogen-bond acceptors (Lipinski definition) is 8. The molecule has 2 aromatic rings. The average molecular weight is 495 g/mol. The van der Waals surface area contributed by atoms with E-state index in [4.69, 9.17) is 0 Å². The van der Waals surface area contributed by atoms with Crippen LogP contribution in [0.1, 0.15) is 13.3 Å². The van der Waals surface area contributed by atoms with Gasteiger partial charge in [-0.15, -0.1) is 0 Å². The Hall–Kier alpha value is -4.06. The van der Waals surface area contributed by atoms with Crippen LogP contribution in [0.5, 0.6) is 0 Å². The minimum Gasteiger partial charge on any atom is -0.353 e. The third-order valence-corrected chi connectivity index (χ3v) is 6.09. The lowest BCUT2D eigenvalue weighted by atomic mass is 10.1. The van der Waals surface area contributed by atoms with Gasteiger partial charge >= 0.3 is 0 Å². The molecule has 3 heterocycles. The zero-order valence-corrected chi connectivity index (χ0v) is 20.1. The van der Waals surface area contributed by atoms with Crippen molar-refractivity contribution in [2.45, 2.75) is 19.4 Å². The van der Waals surface area contributed by atoms with Crippen molar-refractivity contribution >= 4 is 41.0 Å². The molecule has 0 spiro atoms. The zero-order chi connectivity index (χ0) is 25.5. The number of aromatic nitrogens is 2. The highest BCUT2D eigenvalue weighted by molar-refractivity contribution is 5.98. The molecule has 2 fully saturated rings. The minimum absolute atomic E-state index is 0.149. The first-order valence-corrected chi connectivity index (χ1v) is 11.9. The minimum atomic E-state index is -0.871. The Balaban J connectivity index is 1.30. The number of nitrogens with one attached hydrogen (secondary N) is 3. The van der Waals surface area contributed by atoms with Gasteiger partial charge in [-0.2, -0.15) is 0 Å². The summed E-state index contributed by atoms with van der Waals surface area (Å²) in [6, 6.07) is 7.56. The fraction of sp³-hybridized carbons (Fsp3) is 0.417. The maximum absolute atomic E-state index is 13.1. The number of rotatable bonds is 7. The van der Waals surface area contributed by atoms with Crippen LogP contribution in [-0.4, -0.2) is 95.3 Å². The highest BCUT2D eigenvalue weighted by Crippen LogP contribution is 2.16. The van der Waals surface area contributed by atoms with Crippen molar-refractivity contribution in [3.8, 4) is 0 Å². The van der Waals surface area contributed by atoms with Crippen molar-refractivity contribution in [3.63, 3.8) is 0 Å². The molecular formula is C24H30N8O4. The first-order chi connectivity index (χ1) is 17.4. The molecule has 36 heavy (non-hydrogen) atoms. The van der Waals surface area contributed by atoms with Crippen molar-refractivity contribution in [2.75, 3.05) is 61.3 Å². The Morgan fingerprint density at radius 3 is 2.25 bits per heavy atom. The molecule has 190 valence electrons. The molecule has 1 aromatic heterocycles. The molecule has 0 unspecified atom stereocenters. The van der Waals surface area contributed by atoms with Gasteiger partial charge in [-0.05, 0) is 30.3 Å². The number of hydrogen-bond donors (Lipinski definition) is 3. The molecule has 4 rings (SSSR count). The van der Waals surface area contributed by atoms with E-state index in [0.717, 1.165) is 0 Å². The van der Waals surface area contributed by atoms with Crippen LogP contribution in [0.4, 0.5) is 17.3 Å². The Labute approximate surface area is 209 Å². The molecular weight excluding hydrogens is 464 g/mol. The first kappa shape index (κ1) is 25.0. The number of carbonyl (C=O) groups excluding carboxylic acids is 4. The summed E-state index contributed by atoms with van der Waals surface area (Å²) in [5.41, 5.74) is 1.14. The topological polar surface area (TPSA) is 140 Å². The zero-order valence-electron chi connectivity index (χ0n) is 20.1. The van der Waals surface area contributed by atoms with Crippen LogP contribution in [0.25, 0.3) is 0 Å². The third-order valence-electron chi connectivity index (χ3n) is 6.09. The predicted octanol–water partition coefficient (Wildman–Crippen LogP) is -0.0872. The lowest BCUT2D eigenvalue weighted by molar-refractivity contribution is -0.145. The lowest BCUT2D eigenvalue weighted by Gasteiger charge is -2.38. The van der Waals surface area contributed by atoms with E-state index >= 15 is 0 Å². The maximum Gasteiger partial charge on any atom is 0.243 e. The van der Waals surface area contributed by atoms with E-state index < -0.39 is 6.04 Å². The van der Waals surface area contributed by atoms with Gasteiger partial charge in [0.2, 0.25) is 29.6 Å².